The molecule has 0 unspecified atom stereocenters. The monoisotopic (exact) mass is 298 g/mol. The van der Waals surface area contributed by atoms with Crippen LogP contribution in [-0.4, -0.2) is 35.0 Å². The molecule has 120 valence electrons. The fraction of sp³-hybridized carbons (Fsp3) is 0.786. The highest BCUT2D eigenvalue weighted by molar-refractivity contribution is 5.76. The van der Waals surface area contributed by atoms with Crippen LogP contribution in [0.5, 0.6) is 0 Å². The average Bonchev–Trinajstić information content (AvgIpc) is 2.77. The van der Waals surface area contributed by atoms with Crippen molar-refractivity contribution >= 4 is 17.8 Å². The molecular weight excluding hydrogens is 272 g/mol. The van der Waals surface area contributed by atoms with Gasteiger partial charge < -0.3 is 21.9 Å². The van der Waals surface area contributed by atoms with E-state index in [-0.39, 0.29) is 29.9 Å². The molecule has 4 atom stereocenters. The van der Waals surface area contributed by atoms with Crippen molar-refractivity contribution in [3.05, 3.63) is 0 Å². The minimum Gasteiger partial charge on any atom is -0.481 e. The summed E-state index contributed by atoms with van der Waals surface area (Å²) >= 11 is 0. The normalized spacial score (nSPS) is 26.1. The lowest BCUT2D eigenvalue weighted by Gasteiger charge is -2.27. The molecule has 0 saturated heterocycles. The number of amides is 1. The number of hydrogen-bond donors (Lipinski definition) is 4. The second-order valence-electron chi connectivity index (χ2n) is 5.74. The maximum Gasteiger partial charge on any atom is 0.306 e. The van der Waals surface area contributed by atoms with Gasteiger partial charge in [0.2, 0.25) is 5.91 Å². The Labute approximate surface area is 125 Å². The number of unbranched alkanes of at least 4 members (excludes halogenated alkanes) is 1. The van der Waals surface area contributed by atoms with Crippen LogP contribution in [0.15, 0.2) is 4.99 Å². The van der Waals surface area contributed by atoms with Gasteiger partial charge in [0.15, 0.2) is 5.96 Å². The van der Waals surface area contributed by atoms with Crippen molar-refractivity contribution in [1.29, 1.82) is 0 Å². The van der Waals surface area contributed by atoms with Crippen LogP contribution < -0.4 is 16.8 Å². The molecule has 1 aliphatic rings. The van der Waals surface area contributed by atoms with Crippen LogP contribution in [0.1, 0.15) is 46.0 Å². The van der Waals surface area contributed by atoms with Crippen molar-refractivity contribution in [1.82, 2.24) is 5.32 Å². The minimum atomic E-state index is -0.828. The van der Waals surface area contributed by atoms with E-state index in [1.807, 2.05) is 0 Å². The zero-order valence-electron chi connectivity index (χ0n) is 12.7. The Morgan fingerprint density at radius 2 is 2.05 bits per heavy atom. The van der Waals surface area contributed by atoms with Gasteiger partial charge in [0.1, 0.15) is 0 Å². The second-order valence-corrected chi connectivity index (χ2v) is 5.74. The van der Waals surface area contributed by atoms with Crippen LogP contribution >= 0.6 is 0 Å². The van der Waals surface area contributed by atoms with Gasteiger partial charge in [-0.3, -0.25) is 9.59 Å². The van der Waals surface area contributed by atoms with Gasteiger partial charge in [-0.1, -0.05) is 19.8 Å². The summed E-state index contributed by atoms with van der Waals surface area (Å²) in [6, 6.07) is -0.329. The molecule has 0 aromatic rings. The van der Waals surface area contributed by atoms with Crippen LogP contribution in [0.25, 0.3) is 0 Å². The van der Waals surface area contributed by atoms with Crippen molar-refractivity contribution < 1.29 is 14.7 Å². The van der Waals surface area contributed by atoms with Crippen LogP contribution in [0.3, 0.4) is 0 Å². The van der Waals surface area contributed by atoms with Crippen LogP contribution in [0.2, 0.25) is 0 Å². The average molecular weight is 298 g/mol. The summed E-state index contributed by atoms with van der Waals surface area (Å²) in [5, 5.41) is 12.2. The summed E-state index contributed by atoms with van der Waals surface area (Å²) in [6.07, 6.45) is 3.70. The van der Waals surface area contributed by atoms with Crippen molar-refractivity contribution in [2.24, 2.45) is 28.3 Å². The van der Waals surface area contributed by atoms with Crippen molar-refractivity contribution in [2.45, 2.75) is 58.0 Å². The molecule has 7 nitrogen and oxygen atoms in total. The number of carbonyl (C=O) groups excluding carboxylic acids is 1. The summed E-state index contributed by atoms with van der Waals surface area (Å²) in [4.78, 5) is 26.8. The highest BCUT2D eigenvalue weighted by Gasteiger charge is 2.42. The van der Waals surface area contributed by atoms with Gasteiger partial charge in [0.25, 0.3) is 0 Å². The number of carboxylic acids is 1. The molecule has 0 aliphatic heterocycles. The second kappa shape index (κ2) is 7.85. The Bertz CT molecular complexity index is 407. The van der Waals surface area contributed by atoms with Gasteiger partial charge in [-0.15, -0.1) is 0 Å². The Hall–Kier alpha value is -1.79. The van der Waals surface area contributed by atoms with Gasteiger partial charge in [-0.25, -0.2) is 4.99 Å². The van der Waals surface area contributed by atoms with Gasteiger partial charge in [-0.05, 0) is 19.3 Å². The topological polar surface area (TPSA) is 131 Å². The van der Waals surface area contributed by atoms with E-state index in [0.29, 0.717) is 12.8 Å². The Morgan fingerprint density at radius 1 is 1.38 bits per heavy atom. The van der Waals surface area contributed by atoms with E-state index >= 15 is 0 Å². The quantitative estimate of drug-likeness (QED) is 0.400. The first-order chi connectivity index (χ1) is 9.85. The molecule has 1 aliphatic carbocycles. The van der Waals surface area contributed by atoms with E-state index in [1.165, 1.54) is 6.92 Å². The minimum absolute atomic E-state index is 0.0342. The SMILES string of the molecule is CCCC[C@@H](NC(C)=O)[C@@H]1C[C@@H](C(=O)O)C[C@H]1N=C(N)N. The Morgan fingerprint density at radius 3 is 2.52 bits per heavy atom. The molecule has 0 bridgehead atoms. The molecule has 0 aromatic carbocycles. The van der Waals surface area contributed by atoms with Crippen molar-refractivity contribution in [2.75, 3.05) is 0 Å². The van der Waals surface area contributed by atoms with Gasteiger partial charge >= 0.3 is 5.97 Å². The van der Waals surface area contributed by atoms with Crippen LogP contribution in [0, 0.1) is 11.8 Å². The number of nitrogens with two attached hydrogens (primary N) is 2. The van der Waals surface area contributed by atoms with Gasteiger partial charge in [0, 0.05) is 18.9 Å². The predicted octanol–water partition coefficient (Wildman–Crippen LogP) is 0.434. The Kier molecular flexibility index (Phi) is 6.45. The van der Waals surface area contributed by atoms with E-state index in [1.54, 1.807) is 0 Å². The highest BCUT2D eigenvalue weighted by atomic mass is 16.4. The van der Waals surface area contributed by atoms with E-state index in [0.717, 1.165) is 19.3 Å². The maximum atomic E-state index is 11.4. The van der Waals surface area contributed by atoms with E-state index < -0.39 is 11.9 Å². The number of rotatable bonds is 7. The van der Waals surface area contributed by atoms with E-state index in [2.05, 4.69) is 17.2 Å². The maximum absolute atomic E-state index is 11.4. The lowest BCUT2D eigenvalue weighted by atomic mass is 9.90. The Balaban J connectivity index is 2.91. The first-order valence-electron chi connectivity index (χ1n) is 7.43. The van der Waals surface area contributed by atoms with E-state index in [9.17, 15) is 14.7 Å². The smallest absolute Gasteiger partial charge is 0.306 e. The number of aliphatic carboxylic acids is 1. The lowest BCUT2D eigenvalue weighted by Crippen LogP contribution is -2.42. The van der Waals surface area contributed by atoms with Crippen molar-refractivity contribution in [3.8, 4) is 0 Å². The number of guanidine groups is 1. The molecule has 1 amide bonds. The highest BCUT2D eigenvalue weighted by Crippen LogP contribution is 2.37. The number of hydrogen-bond acceptors (Lipinski definition) is 3. The zero-order chi connectivity index (χ0) is 16.0. The predicted molar refractivity (Wildman–Crippen MR) is 80.6 cm³/mol. The third kappa shape index (κ3) is 5.24. The van der Waals surface area contributed by atoms with Crippen LogP contribution in [-0.2, 0) is 9.59 Å². The van der Waals surface area contributed by atoms with Gasteiger partial charge in [-0.2, -0.15) is 0 Å². The summed E-state index contributed by atoms with van der Waals surface area (Å²) in [6.45, 7) is 3.55. The van der Waals surface area contributed by atoms with Crippen molar-refractivity contribution in [3.63, 3.8) is 0 Å². The molecule has 0 heterocycles. The number of nitrogens with zero attached hydrogens (tertiary/aromatic N) is 1. The first-order valence-corrected chi connectivity index (χ1v) is 7.43. The summed E-state index contributed by atoms with van der Waals surface area (Å²) in [5.74, 6) is -1.47. The molecule has 1 fully saturated rings. The number of carboxylic acid groups (broad SMARTS) is 1. The van der Waals surface area contributed by atoms with E-state index in [4.69, 9.17) is 11.5 Å². The molecule has 1 rings (SSSR count). The number of carbonyl (C=O) groups is 2. The standard InChI is InChI=1S/C14H26N4O3/c1-3-4-5-11(17-8(2)19)10-6-9(13(20)21)7-12(10)18-14(15)16/h9-12H,3-7H2,1-2H3,(H,17,19)(H,20,21)(H4,15,16,18)/t9-,10+,11-,12-/m1/s1. The fourth-order valence-corrected chi connectivity index (χ4v) is 3.10. The molecule has 1 saturated carbocycles. The molecule has 21 heavy (non-hydrogen) atoms. The molecular formula is C14H26N4O3. The third-order valence-electron chi connectivity index (χ3n) is 4.02. The summed E-state index contributed by atoms with van der Waals surface area (Å²) in [7, 11) is 0. The fourth-order valence-electron chi connectivity index (χ4n) is 3.10. The number of nitrogens with one attached hydrogen (secondary N) is 1. The number of aliphatic imine (C=N–C) groups is 1. The third-order valence-corrected chi connectivity index (χ3v) is 4.02. The molecule has 6 N–H and O–H groups in total. The molecule has 0 radical (unpaired) electrons. The van der Waals surface area contributed by atoms with Gasteiger partial charge in [0.05, 0.1) is 12.0 Å². The first kappa shape index (κ1) is 17.3. The molecule has 0 aromatic heterocycles. The molecule has 0 spiro atoms. The lowest BCUT2D eigenvalue weighted by molar-refractivity contribution is -0.141. The summed E-state index contributed by atoms with van der Waals surface area (Å²) < 4.78 is 0. The summed E-state index contributed by atoms with van der Waals surface area (Å²) in [5.41, 5.74) is 10.9. The largest absolute Gasteiger partial charge is 0.481 e. The zero-order valence-corrected chi connectivity index (χ0v) is 12.7. The van der Waals surface area contributed by atoms with Crippen LogP contribution in [0.4, 0.5) is 0 Å². The molecule has 7 heteroatoms.